The summed E-state index contributed by atoms with van der Waals surface area (Å²) in [5, 5.41) is 3.51. The Labute approximate surface area is 123 Å². The van der Waals surface area contributed by atoms with E-state index in [1.165, 1.54) is 0 Å². The van der Waals surface area contributed by atoms with Gasteiger partial charge in [0.1, 0.15) is 0 Å². The van der Waals surface area contributed by atoms with Crippen LogP contribution in [-0.2, 0) is 13.3 Å². The number of anilines is 1. The first kappa shape index (κ1) is 17.2. The lowest BCUT2D eigenvalue weighted by Gasteiger charge is -2.35. The molecular formula is C15H27NO3Si. The van der Waals surface area contributed by atoms with Crippen molar-refractivity contribution in [2.75, 3.05) is 25.1 Å². The van der Waals surface area contributed by atoms with Gasteiger partial charge in [-0.2, -0.15) is 0 Å². The molecule has 0 heterocycles. The van der Waals surface area contributed by atoms with Gasteiger partial charge in [0.25, 0.3) is 0 Å². The Morgan fingerprint density at radius 2 is 1.40 bits per heavy atom. The van der Waals surface area contributed by atoms with Gasteiger partial charge >= 0.3 is 8.80 Å². The molecule has 0 saturated carbocycles. The summed E-state index contributed by atoms with van der Waals surface area (Å²) >= 11 is 0. The second-order valence-corrected chi connectivity index (χ2v) is 7.14. The summed E-state index contributed by atoms with van der Waals surface area (Å²) < 4.78 is 17.9. The monoisotopic (exact) mass is 297 g/mol. The van der Waals surface area contributed by atoms with Crippen LogP contribution in [0.1, 0.15) is 34.1 Å². The highest BCUT2D eigenvalue weighted by molar-refractivity contribution is 6.63. The van der Waals surface area contributed by atoms with Gasteiger partial charge < -0.3 is 18.6 Å². The highest BCUT2D eigenvalue weighted by Gasteiger charge is 2.48. The summed E-state index contributed by atoms with van der Waals surface area (Å²) in [4.78, 5) is 0. The predicted octanol–water partition coefficient (Wildman–Crippen LogP) is 3.46. The second kappa shape index (κ2) is 9.13. The van der Waals surface area contributed by atoms with E-state index in [4.69, 9.17) is 13.3 Å². The minimum atomic E-state index is -2.72. The van der Waals surface area contributed by atoms with E-state index in [2.05, 4.69) is 12.2 Å². The maximum Gasteiger partial charge on any atom is 0.524 e. The Morgan fingerprint density at radius 3 is 1.80 bits per heavy atom. The van der Waals surface area contributed by atoms with Crippen LogP contribution in [0.25, 0.3) is 0 Å². The first-order valence-electron chi connectivity index (χ1n) is 7.45. The molecule has 1 atom stereocenters. The highest BCUT2D eigenvalue weighted by Crippen LogP contribution is 2.21. The molecule has 20 heavy (non-hydrogen) atoms. The smallest absolute Gasteiger partial charge is 0.378 e. The summed E-state index contributed by atoms with van der Waals surface area (Å²) in [7, 11) is -2.72. The lowest BCUT2D eigenvalue weighted by molar-refractivity contribution is 0.0639. The highest BCUT2D eigenvalue weighted by atomic mass is 28.4. The fourth-order valence-electron chi connectivity index (χ4n) is 2.21. The van der Waals surface area contributed by atoms with Crippen molar-refractivity contribution >= 4 is 14.5 Å². The van der Waals surface area contributed by atoms with E-state index in [1.54, 1.807) is 0 Å². The van der Waals surface area contributed by atoms with Crippen molar-refractivity contribution < 1.29 is 13.3 Å². The molecule has 0 spiro atoms. The average Bonchev–Trinajstić information content (AvgIpc) is 2.46. The standard InChI is InChI=1S/C15H27NO3Si/c1-5-15(16-14-12-10-9-11-13-14)20(17-6-2,18-7-3)19-8-4/h9-13,15-16H,5-8H2,1-4H3. The molecule has 0 saturated heterocycles. The average molecular weight is 297 g/mol. The minimum absolute atomic E-state index is 0.0600. The van der Waals surface area contributed by atoms with Crippen molar-refractivity contribution in [1.29, 1.82) is 0 Å². The molecule has 1 N–H and O–H groups in total. The van der Waals surface area contributed by atoms with Gasteiger partial charge in [0.15, 0.2) is 0 Å². The first-order valence-corrected chi connectivity index (χ1v) is 9.26. The van der Waals surface area contributed by atoms with E-state index in [9.17, 15) is 0 Å². The van der Waals surface area contributed by atoms with E-state index in [1.807, 2.05) is 51.1 Å². The Bertz CT molecular complexity index is 344. The number of rotatable bonds is 10. The van der Waals surface area contributed by atoms with Crippen LogP contribution in [0.5, 0.6) is 0 Å². The zero-order valence-corrected chi connectivity index (χ0v) is 14.0. The minimum Gasteiger partial charge on any atom is -0.378 e. The van der Waals surface area contributed by atoms with Gasteiger partial charge in [-0.05, 0) is 39.3 Å². The summed E-state index contributed by atoms with van der Waals surface area (Å²) in [5.41, 5.74) is 1.13. The maximum atomic E-state index is 5.97. The third-order valence-corrected chi connectivity index (χ3v) is 6.47. The molecule has 1 unspecified atom stereocenters. The molecule has 4 nitrogen and oxygen atoms in total. The van der Waals surface area contributed by atoms with Crippen LogP contribution < -0.4 is 5.32 Å². The van der Waals surface area contributed by atoms with E-state index in [-0.39, 0.29) is 5.67 Å². The fraction of sp³-hybridized carbons (Fsp3) is 0.600. The molecule has 1 rings (SSSR count). The molecule has 0 aliphatic rings. The van der Waals surface area contributed by atoms with Gasteiger partial charge in [-0.15, -0.1) is 0 Å². The van der Waals surface area contributed by atoms with Gasteiger partial charge in [-0.25, -0.2) is 0 Å². The van der Waals surface area contributed by atoms with Gasteiger partial charge in [0.05, 0.1) is 5.67 Å². The maximum absolute atomic E-state index is 5.97. The van der Waals surface area contributed by atoms with Crippen LogP contribution in [0, 0.1) is 0 Å². The number of para-hydroxylation sites is 1. The van der Waals surface area contributed by atoms with Gasteiger partial charge in [0.2, 0.25) is 0 Å². The summed E-state index contributed by atoms with van der Waals surface area (Å²) in [6.07, 6.45) is 0.890. The molecule has 5 heteroatoms. The van der Waals surface area contributed by atoms with Crippen LogP contribution in [-0.4, -0.2) is 34.3 Å². The van der Waals surface area contributed by atoms with Crippen LogP contribution in [0.15, 0.2) is 30.3 Å². The zero-order chi connectivity index (χ0) is 14.8. The lowest BCUT2D eigenvalue weighted by Crippen LogP contribution is -2.59. The summed E-state index contributed by atoms with van der Waals surface area (Å²) in [6.45, 7) is 9.86. The van der Waals surface area contributed by atoms with Crippen LogP contribution in [0.2, 0.25) is 0 Å². The lowest BCUT2D eigenvalue weighted by atomic mass is 10.3. The van der Waals surface area contributed by atoms with Gasteiger partial charge in [-0.3, -0.25) is 0 Å². The molecule has 0 radical (unpaired) electrons. The Morgan fingerprint density at radius 1 is 0.900 bits per heavy atom. The van der Waals surface area contributed by atoms with E-state index in [0.29, 0.717) is 19.8 Å². The van der Waals surface area contributed by atoms with Crippen molar-refractivity contribution in [2.24, 2.45) is 0 Å². The molecular weight excluding hydrogens is 270 g/mol. The first-order chi connectivity index (χ1) is 9.72. The zero-order valence-electron chi connectivity index (χ0n) is 13.0. The van der Waals surface area contributed by atoms with E-state index < -0.39 is 8.80 Å². The van der Waals surface area contributed by atoms with Crippen molar-refractivity contribution in [2.45, 2.75) is 39.8 Å². The number of benzene rings is 1. The summed E-state index contributed by atoms with van der Waals surface area (Å²) in [5.74, 6) is 0. The van der Waals surface area contributed by atoms with Crippen molar-refractivity contribution in [3.63, 3.8) is 0 Å². The van der Waals surface area contributed by atoms with Crippen LogP contribution in [0.3, 0.4) is 0 Å². The third kappa shape index (κ3) is 4.59. The molecule has 0 amide bonds. The SMILES string of the molecule is CCO[Si](OCC)(OCC)C(CC)Nc1ccccc1. The number of nitrogens with one attached hydrogen (secondary N) is 1. The summed E-state index contributed by atoms with van der Waals surface area (Å²) in [6, 6.07) is 10.1. The third-order valence-electron chi connectivity index (χ3n) is 2.99. The second-order valence-electron chi connectivity index (χ2n) is 4.37. The van der Waals surface area contributed by atoms with Gasteiger partial charge in [-0.1, -0.05) is 25.1 Å². The number of hydrogen-bond donors (Lipinski definition) is 1. The topological polar surface area (TPSA) is 39.7 Å². The van der Waals surface area contributed by atoms with Crippen molar-refractivity contribution in [3.8, 4) is 0 Å². The Balaban J connectivity index is 2.93. The van der Waals surface area contributed by atoms with Crippen molar-refractivity contribution in [3.05, 3.63) is 30.3 Å². The number of hydrogen-bond acceptors (Lipinski definition) is 4. The molecule has 1 aromatic rings. The molecule has 0 aliphatic heterocycles. The predicted molar refractivity (Wildman–Crippen MR) is 84.8 cm³/mol. The molecule has 0 aliphatic carbocycles. The Kier molecular flexibility index (Phi) is 7.83. The molecule has 1 aromatic carbocycles. The molecule has 0 bridgehead atoms. The normalized spacial score (nSPS) is 13.2. The van der Waals surface area contributed by atoms with E-state index >= 15 is 0 Å². The van der Waals surface area contributed by atoms with Gasteiger partial charge in [0, 0.05) is 25.5 Å². The van der Waals surface area contributed by atoms with Crippen LogP contribution >= 0.6 is 0 Å². The molecule has 114 valence electrons. The fourth-order valence-corrected chi connectivity index (χ4v) is 5.11. The van der Waals surface area contributed by atoms with E-state index in [0.717, 1.165) is 12.1 Å². The quantitative estimate of drug-likeness (QED) is 0.671. The molecule has 0 fully saturated rings. The largest absolute Gasteiger partial charge is 0.524 e. The van der Waals surface area contributed by atoms with Crippen molar-refractivity contribution in [1.82, 2.24) is 0 Å². The Hall–Kier alpha value is -0.883. The molecule has 0 aromatic heterocycles. The van der Waals surface area contributed by atoms with Crippen LogP contribution in [0.4, 0.5) is 5.69 Å².